The van der Waals surface area contributed by atoms with Gasteiger partial charge in [-0.3, -0.25) is 29.0 Å². The number of nitrogens with one attached hydrogen (secondary N) is 2. The maximum atomic E-state index is 14.0. The summed E-state index contributed by atoms with van der Waals surface area (Å²) in [5.41, 5.74) is 3.55. The minimum absolute atomic E-state index is 0.111. The number of carbonyl (C=O) groups is 4. The molecule has 2 saturated heterocycles. The van der Waals surface area contributed by atoms with Crippen LogP contribution in [0.25, 0.3) is 0 Å². The highest BCUT2D eigenvalue weighted by atomic mass is 16.7. The first-order chi connectivity index (χ1) is 27.7. The number of hydroxylamine groups is 2. The Morgan fingerprint density at radius 3 is 2.43 bits per heavy atom. The Kier molecular flexibility index (Phi) is 14.1. The summed E-state index contributed by atoms with van der Waals surface area (Å²) in [4.78, 5) is 61.3. The van der Waals surface area contributed by atoms with Crippen LogP contribution in [0.5, 0.6) is 0 Å². The number of aryl methyl sites for hydroxylation is 1. The first kappa shape index (κ1) is 42.7. The van der Waals surface area contributed by atoms with E-state index in [1.165, 1.54) is 0 Å². The van der Waals surface area contributed by atoms with Gasteiger partial charge in [-0.1, -0.05) is 61.2 Å². The molecule has 2 fully saturated rings. The number of aromatic nitrogens is 1. The number of β-amino-alcohol motifs (C(OH)–C–C–N with tert-alkyl or cyclic N) is 1. The average Bonchev–Trinajstić information content (AvgIpc) is 3.67. The molecule has 310 valence electrons. The summed E-state index contributed by atoms with van der Waals surface area (Å²) < 4.78 is 2.08. The molecule has 4 amide bonds. The van der Waals surface area contributed by atoms with Gasteiger partial charge in [0, 0.05) is 87.9 Å². The van der Waals surface area contributed by atoms with E-state index in [-0.39, 0.29) is 49.4 Å². The number of rotatable bonds is 17. The number of aliphatic hydroxyl groups is 2. The second kappa shape index (κ2) is 19.2. The van der Waals surface area contributed by atoms with Crippen LogP contribution in [-0.4, -0.2) is 98.7 Å². The monoisotopic (exact) mass is 795 g/mol. The number of carbonyl (C=O) groups excluding carboxylic acids is 4. The van der Waals surface area contributed by atoms with Crippen LogP contribution in [0.15, 0.2) is 91.5 Å². The fourth-order valence-corrected chi connectivity index (χ4v) is 8.17. The molecule has 58 heavy (non-hydrogen) atoms. The van der Waals surface area contributed by atoms with Gasteiger partial charge in [-0.15, -0.1) is 5.06 Å². The zero-order chi connectivity index (χ0) is 41.4. The number of pyridine rings is 1. The molecule has 5 atom stereocenters. The zero-order valence-corrected chi connectivity index (χ0v) is 34.0. The van der Waals surface area contributed by atoms with Crippen LogP contribution in [0.4, 0.5) is 0 Å². The zero-order valence-electron chi connectivity index (χ0n) is 34.0. The number of hydrogen-bond acceptors (Lipinski definition) is 9. The molecule has 0 radical (unpaired) electrons. The first-order valence-corrected chi connectivity index (χ1v) is 20.5. The second-order valence-corrected chi connectivity index (χ2v) is 17.0. The van der Waals surface area contributed by atoms with Crippen LogP contribution in [0.2, 0.25) is 0 Å². The summed E-state index contributed by atoms with van der Waals surface area (Å²) in [6.07, 6.45) is 5.05. The minimum atomic E-state index is -0.886. The third-order valence-corrected chi connectivity index (χ3v) is 11.0. The third-order valence-electron chi connectivity index (χ3n) is 11.0. The van der Waals surface area contributed by atoms with E-state index < -0.39 is 35.7 Å². The molecule has 1 unspecified atom stereocenters. The van der Waals surface area contributed by atoms with Crippen molar-refractivity contribution in [3.63, 3.8) is 0 Å². The predicted molar refractivity (Wildman–Crippen MR) is 217 cm³/mol. The number of aliphatic hydroxyl groups excluding tert-OH is 2. The molecular weight excluding hydrogens is 737 g/mol. The first-order valence-electron chi connectivity index (χ1n) is 20.5. The highest BCUT2D eigenvalue weighted by Gasteiger charge is 2.38. The number of allylic oxidation sites excluding steroid dienone is 1. The van der Waals surface area contributed by atoms with E-state index in [0.717, 1.165) is 27.3 Å². The molecule has 2 aliphatic heterocycles. The number of imide groups is 1. The SMILES string of the molecule is C=C(CCC[n+]1cccc(CN2CCN(C[C@@H](O)C[C@@H](Cc3ccccc3)C(=O)NC3c4ccccc4C[C@H]3O)[C@H](C(=O)NC(C)(C)C)C2)c1)ON1C(=O)CCC1=O. The van der Waals surface area contributed by atoms with Crippen molar-refractivity contribution in [1.82, 2.24) is 25.5 Å². The molecule has 3 heterocycles. The Morgan fingerprint density at radius 2 is 1.69 bits per heavy atom. The lowest BCUT2D eigenvalue weighted by Crippen LogP contribution is -2.62. The van der Waals surface area contributed by atoms with Crippen molar-refractivity contribution < 1.29 is 38.8 Å². The largest absolute Gasteiger partial charge is 0.392 e. The molecule has 1 aromatic heterocycles. The molecule has 3 aromatic rings. The minimum Gasteiger partial charge on any atom is -0.392 e. The second-order valence-electron chi connectivity index (χ2n) is 17.0. The van der Waals surface area contributed by atoms with Crippen molar-refractivity contribution >= 4 is 23.6 Å². The summed E-state index contributed by atoms with van der Waals surface area (Å²) in [6, 6.07) is 20.5. The Bertz CT molecular complexity index is 1920. The van der Waals surface area contributed by atoms with Crippen molar-refractivity contribution in [1.29, 1.82) is 0 Å². The number of amides is 4. The Morgan fingerprint density at radius 1 is 0.983 bits per heavy atom. The lowest BCUT2D eigenvalue weighted by Gasteiger charge is -2.42. The fourth-order valence-electron chi connectivity index (χ4n) is 8.17. The summed E-state index contributed by atoms with van der Waals surface area (Å²) in [5, 5.41) is 29.6. The van der Waals surface area contributed by atoms with Crippen LogP contribution in [0, 0.1) is 5.92 Å². The van der Waals surface area contributed by atoms with E-state index in [1.807, 2.05) is 92.5 Å². The van der Waals surface area contributed by atoms with E-state index in [4.69, 9.17) is 4.84 Å². The Labute approximate surface area is 341 Å². The maximum Gasteiger partial charge on any atom is 0.263 e. The van der Waals surface area contributed by atoms with E-state index in [2.05, 4.69) is 38.9 Å². The van der Waals surface area contributed by atoms with Gasteiger partial charge in [0.05, 0.1) is 18.2 Å². The van der Waals surface area contributed by atoms with Gasteiger partial charge >= 0.3 is 0 Å². The predicted octanol–water partition coefficient (Wildman–Crippen LogP) is 3.13. The molecule has 0 spiro atoms. The molecule has 13 heteroatoms. The number of benzene rings is 2. The molecule has 13 nitrogen and oxygen atoms in total. The summed E-state index contributed by atoms with van der Waals surface area (Å²) in [7, 11) is 0. The summed E-state index contributed by atoms with van der Waals surface area (Å²) in [5.74, 6) is -1.21. The number of piperazine rings is 1. The van der Waals surface area contributed by atoms with Gasteiger partial charge in [0.1, 0.15) is 18.3 Å². The summed E-state index contributed by atoms with van der Waals surface area (Å²) in [6.45, 7) is 13.0. The van der Waals surface area contributed by atoms with Gasteiger partial charge in [0.2, 0.25) is 11.8 Å². The lowest BCUT2D eigenvalue weighted by molar-refractivity contribution is -0.697. The van der Waals surface area contributed by atoms with Crippen molar-refractivity contribution in [3.05, 3.63) is 114 Å². The highest BCUT2D eigenvalue weighted by molar-refractivity contribution is 6.00. The van der Waals surface area contributed by atoms with Crippen molar-refractivity contribution in [2.24, 2.45) is 5.92 Å². The van der Waals surface area contributed by atoms with E-state index >= 15 is 0 Å². The van der Waals surface area contributed by atoms with Gasteiger partial charge in [-0.25, -0.2) is 4.57 Å². The van der Waals surface area contributed by atoms with Crippen LogP contribution >= 0.6 is 0 Å². The van der Waals surface area contributed by atoms with Crippen LogP contribution in [0.1, 0.15) is 81.2 Å². The molecule has 1 aliphatic carbocycles. The lowest BCUT2D eigenvalue weighted by atomic mass is 9.91. The van der Waals surface area contributed by atoms with Crippen LogP contribution in [-0.2, 0) is 49.9 Å². The van der Waals surface area contributed by atoms with Gasteiger partial charge in [0.15, 0.2) is 12.4 Å². The number of nitrogens with zero attached hydrogens (tertiary/aromatic N) is 4. The maximum absolute atomic E-state index is 14.0. The quantitative estimate of drug-likeness (QED) is 0.0917. The topological polar surface area (TPSA) is 156 Å². The van der Waals surface area contributed by atoms with Crippen molar-refractivity contribution in [2.75, 3.05) is 26.2 Å². The highest BCUT2D eigenvalue weighted by Crippen LogP contribution is 2.32. The normalized spacial score (nSPS) is 21.1. The van der Waals surface area contributed by atoms with Gasteiger partial charge in [-0.05, 0) is 56.4 Å². The number of fused-ring (bicyclic) bond motifs is 1. The molecule has 3 aliphatic rings. The van der Waals surface area contributed by atoms with Crippen LogP contribution < -0.4 is 15.2 Å². The Balaban J connectivity index is 1.07. The molecular formula is C45H59N6O7+. The number of hydrogen-bond donors (Lipinski definition) is 4. The van der Waals surface area contributed by atoms with Gasteiger partial charge < -0.3 is 25.7 Å². The molecule has 0 bridgehead atoms. The van der Waals surface area contributed by atoms with E-state index in [0.29, 0.717) is 64.2 Å². The standard InChI is InChI=1S/C45H58N6O7/c1-31(58-51-40(54)18-19-41(51)55)12-10-20-48-21-11-15-33(27-48)28-49-22-23-50(38(30-49)44(57)47-45(2,3)4)29-36(52)25-35(24-32-13-6-5-7-14-32)43(56)46-42-37-17-9-8-16-34(37)26-39(42)53/h5-9,11,13-17,21,27,35-36,38-39,42,52-53H,1,10,12,18-20,22-26,28-30H2,2-4H3,(H-,46,47,56,57)/p+1/t35-,36+,38+,39-,42?/m1/s1. The van der Waals surface area contributed by atoms with Crippen LogP contribution in [0.3, 0.4) is 0 Å². The smallest absolute Gasteiger partial charge is 0.263 e. The molecule has 0 saturated carbocycles. The third kappa shape index (κ3) is 11.6. The molecule has 4 N–H and O–H groups in total. The average molecular weight is 796 g/mol. The van der Waals surface area contributed by atoms with Crippen molar-refractivity contribution in [2.45, 2.75) is 109 Å². The molecule has 6 rings (SSSR count). The molecule has 2 aromatic carbocycles. The summed E-state index contributed by atoms with van der Waals surface area (Å²) >= 11 is 0. The van der Waals surface area contributed by atoms with E-state index in [9.17, 15) is 29.4 Å². The van der Waals surface area contributed by atoms with Gasteiger partial charge in [-0.2, -0.15) is 0 Å². The van der Waals surface area contributed by atoms with Crippen molar-refractivity contribution in [3.8, 4) is 0 Å². The van der Waals surface area contributed by atoms with E-state index in [1.54, 1.807) is 0 Å². The Hall–Kier alpha value is -4.95. The fraction of sp³-hybridized carbons (Fsp3) is 0.489. The van der Waals surface area contributed by atoms with Gasteiger partial charge in [0.25, 0.3) is 11.8 Å².